The molecule has 0 saturated carbocycles. The number of piperidine rings is 2. The quantitative estimate of drug-likeness (QED) is 0.273. The molecule has 4 fully saturated rings. The minimum atomic E-state index is -1.43. The number of aliphatic hydroxyl groups is 1. The van der Waals surface area contributed by atoms with Gasteiger partial charge in [0.1, 0.15) is 41.6 Å². The molecule has 1 aromatic heterocycles. The molecular weight excluding hydrogens is 767 g/mol. The van der Waals surface area contributed by atoms with Crippen molar-refractivity contribution >= 4 is 29.5 Å². The van der Waals surface area contributed by atoms with E-state index in [4.69, 9.17) is 24.1 Å². The highest BCUT2D eigenvalue weighted by atomic mass is 19.1. The van der Waals surface area contributed by atoms with Gasteiger partial charge in [-0.3, -0.25) is 0 Å². The van der Waals surface area contributed by atoms with Crippen LogP contribution in [0.3, 0.4) is 0 Å². The average molecular weight is 821 g/mol. The summed E-state index contributed by atoms with van der Waals surface area (Å²) in [4.78, 5) is 42.0. The summed E-state index contributed by atoms with van der Waals surface area (Å²) >= 11 is 0. The number of halogens is 2. The third-order valence-electron chi connectivity index (χ3n) is 10.0. The maximum atomic E-state index is 15.0. The van der Waals surface area contributed by atoms with Crippen LogP contribution in [-0.2, 0) is 14.2 Å². The van der Waals surface area contributed by atoms with Crippen molar-refractivity contribution in [2.45, 2.75) is 115 Å². The van der Waals surface area contributed by atoms with Crippen LogP contribution in [0.1, 0.15) is 72.8 Å². The second-order valence-corrected chi connectivity index (χ2v) is 17.2. The number of aliphatic hydroxyl groups excluding tert-OH is 1. The Labute approximate surface area is 343 Å². The number of alkyl halides is 2. The lowest BCUT2D eigenvalue weighted by Gasteiger charge is -2.35. The number of benzene rings is 2. The smallest absolute Gasteiger partial charge is 0.410 e. The van der Waals surface area contributed by atoms with E-state index in [0.29, 0.717) is 36.1 Å². The molecule has 2 amide bonds. The number of anilines is 3. The van der Waals surface area contributed by atoms with Gasteiger partial charge in [0.25, 0.3) is 0 Å². The molecule has 4 saturated heterocycles. The third-order valence-corrected chi connectivity index (χ3v) is 10.0. The standard InChI is InChI=1S/C32H36FN7O4.C10H18FNO3/c1-32(2,3)44-31(41)39-13-12-28(26(33)18-39)43-27-11-4-20(14-21(27)15-34)29-35-19-36-30(38-29)37-22-5-7-23(8-6-22)40-16-24-9-10-25(17-40)42-24;1-10(2,3)15-9(14)12-5-4-8(13)7(11)6-12/h4-8,11,14,19,24-26,28H,9-10,12-13,16-18H2,1-3H3,(H,35,36,37,38);7-8,13H,4-6H2,1-3H3/t24?,25?,26-,28+;/m1./s1. The lowest BCUT2D eigenvalue weighted by Crippen LogP contribution is -2.50. The molecular formula is C42H54F2N8O7. The molecule has 0 aliphatic carbocycles. The first kappa shape index (κ1) is 43.2. The molecule has 7 rings (SSSR count). The molecule has 5 heterocycles. The van der Waals surface area contributed by atoms with Gasteiger partial charge in [0.05, 0.1) is 37.0 Å². The van der Waals surface area contributed by atoms with Crippen LogP contribution in [0.5, 0.6) is 5.75 Å². The third kappa shape index (κ3) is 11.9. The van der Waals surface area contributed by atoms with Crippen LogP contribution in [0.2, 0.25) is 0 Å². The maximum Gasteiger partial charge on any atom is 0.410 e. The highest BCUT2D eigenvalue weighted by molar-refractivity contribution is 5.69. The van der Waals surface area contributed by atoms with Crippen LogP contribution >= 0.6 is 0 Å². The number of amides is 2. The summed E-state index contributed by atoms with van der Waals surface area (Å²) in [6, 6.07) is 15.2. The summed E-state index contributed by atoms with van der Waals surface area (Å²) in [7, 11) is 0. The molecule has 4 aliphatic heterocycles. The number of fused-ring (bicyclic) bond motifs is 2. The molecule has 59 heavy (non-hydrogen) atoms. The summed E-state index contributed by atoms with van der Waals surface area (Å²) in [5, 5.41) is 22.2. The van der Waals surface area contributed by atoms with Crippen molar-refractivity contribution in [1.82, 2.24) is 24.8 Å². The summed E-state index contributed by atoms with van der Waals surface area (Å²) in [6.07, 6.45) is -0.789. The van der Waals surface area contributed by atoms with E-state index < -0.39 is 47.9 Å². The first-order chi connectivity index (χ1) is 27.9. The monoisotopic (exact) mass is 820 g/mol. The van der Waals surface area contributed by atoms with Crippen LogP contribution in [0.25, 0.3) is 11.4 Å². The van der Waals surface area contributed by atoms with Crippen LogP contribution < -0.4 is 15.0 Å². The lowest BCUT2D eigenvalue weighted by molar-refractivity contribution is -0.0176. The summed E-state index contributed by atoms with van der Waals surface area (Å²) in [6.45, 7) is 12.8. The predicted molar refractivity (Wildman–Crippen MR) is 215 cm³/mol. The second-order valence-electron chi connectivity index (χ2n) is 17.2. The number of carbonyl (C=O) groups is 2. The van der Waals surface area contributed by atoms with E-state index >= 15 is 4.39 Å². The van der Waals surface area contributed by atoms with Gasteiger partial charge in [-0.05, 0) is 103 Å². The number of likely N-dealkylation sites (tertiary alicyclic amines) is 2. The van der Waals surface area contributed by atoms with Gasteiger partial charge < -0.3 is 44.1 Å². The Bertz CT molecular complexity index is 1960. The number of hydrogen-bond donors (Lipinski definition) is 2. The fourth-order valence-corrected chi connectivity index (χ4v) is 7.12. The maximum absolute atomic E-state index is 15.0. The Hall–Kier alpha value is -5.34. The lowest BCUT2D eigenvalue weighted by atomic mass is 10.1. The van der Waals surface area contributed by atoms with Gasteiger partial charge in [-0.1, -0.05) is 0 Å². The summed E-state index contributed by atoms with van der Waals surface area (Å²) in [5.41, 5.74) is 1.58. The van der Waals surface area contributed by atoms with Gasteiger partial charge in [-0.2, -0.15) is 10.2 Å². The Morgan fingerprint density at radius 3 is 2.03 bits per heavy atom. The predicted octanol–water partition coefficient (Wildman–Crippen LogP) is 6.57. The van der Waals surface area contributed by atoms with E-state index in [-0.39, 0.29) is 43.8 Å². The summed E-state index contributed by atoms with van der Waals surface area (Å²) in [5.74, 6) is 0.999. The fourth-order valence-electron chi connectivity index (χ4n) is 7.12. The summed E-state index contributed by atoms with van der Waals surface area (Å²) < 4.78 is 50.5. The minimum Gasteiger partial charge on any atom is -0.486 e. The molecule has 3 aromatic rings. The number of ether oxygens (including phenoxy) is 4. The van der Waals surface area contributed by atoms with Crippen molar-refractivity contribution in [3.05, 3.63) is 54.4 Å². The highest BCUT2D eigenvalue weighted by Gasteiger charge is 2.36. The number of aromatic nitrogens is 3. The first-order valence-corrected chi connectivity index (χ1v) is 20.0. The Balaban J connectivity index is 0.000000330. The molecule has 0 radical (unpaired) electrons. The SMILES string of the molecule is CC(C)(C)OC(=O)N1CCC(O)C(F)C1.CC(C)(C)OC(=O)N1CC[C@H](Oc2ccc(-c3ncnc(Nc4ccc(N5CC6CCC(C5)O6)cc4)n3)cc2C#N)[C@H](F)C1. The van der Waals surface area contributed by atoms with Crippen LogP contribution in [0.4, 0.5) is 35.7 Å². The van der Waals surface area contributed by atoms with Crippen LogP contribution in [0, 0.1) is 11.3 Å². The van der Waals surface area contributed by atoms with Crippen molar-refractivity contribution in [3.8, 4) is 23.2 Å². The average Bonchev–Trinajstić information content (AvgIpc) is 3.52. The number of rotatable bonds is 6. The normalized spacial score (nSPS) is 24.3. The molecule has 2 N–H and O–H groups in total. The molecule has 6 atom stereocenters. The van der Waals surface area contributed by atoms with E-state index in [2.05, 4.69) is 43.4 Å². The molecule has 4 aliphatic rings. The van der Waals surface area contributed by atoms with E-state index in [1.165, 1.54) is 16.1 Å². The van der Waals surface area contributed by atoms with Gasteiger partial charge >= 0.3 is 12.2 Å². The first-order valence-electron chi connectivity index (χ1n) is 20.0. The van der Waals surface area contributed by atoms with Crippen LogP contribution in [0.15, 0.2) is 48.8 Å². The van der Waals surface area contributed by atoms with E-state index in [1.54, 1.807) is 59.7 Å². The van der Waals surface area contributed by atoms with Gasteiger partial charge in [-0.15, -0.1) is 0 Å². The molecule has 0 spiro atoms. The topological polar surface area (TPSA) is 175 Å². The van der Waals surface area contributed by atoms with Crippen molar-refractivity contribution in [2.75, 3.05) is 49.5 Å². The van der Waals surface area contributed by atoms with E-state index in [1.807, 2.05) is 12.1 Å². The van der Waals surface area contributed by atoms with Crippen LogP contribution in [-0.4, -0.2) is 129 Å². The fraction of sp³-hybridized carbons (Fsp3) is 0.571. The molecule has 4 unspecified atom stereocenters. The molecule has 318 valence electrons. The zero-order valence-corrected chi connectivity index (χ0v) is 34.4. The molecule has 2 bridgehead atoms. The van der Waals surface area contributed by atoms with Gasteiger partial charge in [0.2, 0.25) is 5.95 Å². The zero-order chi connectivity index (χ0) is 42.5. The Kier molecular flexibility index (Phi) is 13.4. The van der Waals surface area contributed by atoms with Crippen molar-refractivity contribution < 1.29 is 42.4 Å². The van der Waals surface area contributed by atoms with Gasteiger partial charge in [0.15, 0.2) is 12.0 Å². The number of nitrogens with zero attached hydrogens (tertiary/aromatic N) is 7. The molecule has 17 heteroatoms. The molecule has 15 nitrogen and oxygen atoms in total. The van der Waals surface area contributed by atoms with Crippen molar-refractivity contribution in [1.29, 1.82) is 5.26 Å². The number of nitriles is 1. The van der Waals surface area contributed by atoms with Gasteiger partial charge in [0, 0.05) is 49.5 Å². The number of morpholine rings is 1. The zero-order valence-electron chi connectivity index (χ0n) is 34.4. The van der Waals surface area contributed by atoms with Crippen molar-refractivity contribution in [2.24, 2.45) is 0 Å². The number of carbonyl (C=O) groups excluding carboxylic acids is 2. The number of hydrogen-bond acceptors (Lipinski definition) is 13. The Morgan fingerprint density at radius 2 is 1.46 bits per heavy atom. The minimum absolute atomic E-state index is 0.0872. The van der Waals surface area contributed by atoms with E-state index in [9.17, 15) is 19.2 Å². The molecule has 2 aromatic carbocycles. The number of nitrogens with one attached hydrogen (secondary N) is 1. The Morgan fingerprint density at radius 1 is 0.847 bits per heavy atom. The highest BCUT2D eigenvalue weighted by Crippen LogP contribution is 2.32. The van der Waals surface area contributed by atoms with Crippen molar-refractivity contribution in [3.63, 3.8) is 0 Å². The van der Waals surface area contributed by atoms with Gasteiger partial charge in [-0.25, -0.2) is 28.3 Å². The van der Waals surface area contributed by atoms with E-state index in [0.717, 1.165) is 37.3 Å². The largest absolute Gasteiger partial charge is 0.486 e. The second kappa shape index (κ2) is 18.3.